The highest BCUT2D eigenvalue weighted by molar-refractivity contribution is 7.16. The van der Waals surface area contributed by atoms with Gasteiger partial charge in [0.2, 0.25) is 5.91 Å². The molecule has 1 aromatic rings. The molecule has 5 heteroatoms. The maximum atomic E-state index is 11.3. The molecule has 0 saturated heterocycles. The molecule has 0 unspecified atom stereocenters. The van der Waals surface area contributed by atoms with Crippen molar-refractivity contribution in [2.24, 2.45) is 0 Å². The minimum Gasteiger partial charge on any atom is -0.392 e. The number of halogens is 1. The minimum atomic E-state index is -0.495. The van der Waals surface area contributed by atoms with Crippen molar-refractivity contribution in [3.8, 4) is 0 Å². The monoisotopic (exact) mass is 247 g/mol. The summed E-state index contributed by atoms with van der Waals surface area (Å²) in [6.07, 6.45) is 0.636. The zero-order valence-corrected chi connectivity index (χ0v) is 10.1. The summed E-state index contributed by atoms with van der Waals surface area (Å²) < 4.78 is 0.745. The molecule has 1 amide bonds. The Labute approximate surface area is 98.1 Å². The van der Waals surface area contributed by atoms with Crippen molar-refractivity contribution >= 4 is 28.8 Å². The van der Waals surface area contributed by atoms with Crippen LogP contribution in [0, 0.1) is 0 Å². The molecule has 0 saturated carbocycles. The van der Waals surface area contributed by atoms with Gasteiger partial charge in [-0.05, 0) is 25.5 Å². The van der Waals surface area contributed by atoms with Crippen molar-refractivity contribution in [3.63, 3.8) is 0 Å². The largest absolute Gasteiger partial charge is 0.392 e. The average Bonchev–Trinajstić information content (AvgIpc) is 2.58. The summed E-state index contributed by atoms with van der Waals surface area (Å²) in [5.74, 6) is -0.0413. The lowest BCUT2D eigenvalue weighted by molar-refractivity contribution is -0.121. The van der Waals surface area contributed by atoms with Crippen LogP contribution >= 0.6 is 22.9 Å². The number of carbonyl (C=O) groups is 1. The van der Waals surface area contributed by atoms with Crippen LogP contribution in [0.15, 0.2) is 12.1 Å². The van der Waals surface area contributed by atoms with Gasteiger partial charge in [0, 0.05) is 17.8 Å². The van der Waals surface area contributed by atoms with E-state index in [-0.39, 0.29) is 5.91 Å². The summed E-state index contributed by atoms with van der Waals surface area (Å²) in [6, 6.07) is 3.75. The number of thiophene rings is 1. The molecular formula is C10H14ClNO2S. The van der Waals surface area contributed by atoms with Crippen LogP contribution in [0.1, 0.15) is 18.2 Å². The van der Waals surface area contributed by atoms with Gasteiger partial charge in [-0.2, -0.15) is 0 Å². The van der Waals surface area contributed by atoms with Gasteiger partial charge in [-0.25, -0.2) is 0 Å². The Morgan fingerprint density at radius 3 is 2.93 bits per heavy atom. The Bertz CT molecular complexity index is 325. The SMILES string of the molecule is C[C@@H](O)CNC(=O)CCc1ccc(Cl)s1. The fourth-order valence-corrected chi connectivity index (χ4v) is 2.16. The predicted octanol–water partition coefficient (Wildman–Crippen LogP) is 1.83. The second kappa shape index (κ2) is 6.10. The van der Waals surface area contributed by atoms with Crippen LogP contribution in [0.25, 0.3) is 0 Å². The number of aryl methyl sites for hydroxylation is 1. The van der Waals surface area contributed by atoms with Crippen molar-refractivity contribution in [3.05, 3.63) is 21.3 Å². The number of nitrogens with one attached hydrogen (secondary N) is 1. The van der Waals surface area contributed by atoms with Crippen LogP contribution < -0.4 is 5.32 Å². The number of hydrogen-bond acceptors (Lipinski definition) is 3. The molecule has 3 nitrogen and oxygen atoms in total. The van der Waals surface area contributed by atoms with Gasteiger partial charge in [-0.1, -0.05) is 11.6 Å². The lowest BCUT2D eigenvalue weighted by atomic mass is 10.2. The average molecular weight is 248 g/mol. The maximum absolute atomic E-state index is 11.3. The number of carbonyl (C=O) groups excluding carboxylic acids is 1. The molecule has 0 radical (unpaired) electrons. The fourth-order valence-electron chi connectivity index (χ4n) is 1.07. The minimum absolute atomic E-state index is 0.0413. The van der Waals surface area contributed by atoms with E-state index in [1.54, 1.807) is 6.92 Å². The van der Waals surface area contributed by atoms with E-state index < -0.39 is 6.10 Å². The van der Waals surface area contributed by atoms with Gasteiger partial charge in [0.1, 0.15) is 0 Å². The Morgan fingerprint density at radius 1 is 1.67 bits per heavy atom. The lowest BCUT2D eigenvalue weighted by Crippen LogP contribution is -2.30. The van der Waals surface area contributed by atoms with Gasteiger partial charge in [0.15, 0.2) is 0 Å². The summed E-state index contributed by atoms with van der Waals surface area (Å²) in [5, 5.41) is 11.6. The Kier molecular flexibility index (Phi) is 5.08. The zero-order valence-electron chi connectivity index (χ0n) is 8.50. The summed E-state index contributed by atoms with van der Waals surface area (Å²) >= 11 is 7.25. The van der Waals surface area contributed by atoms with Crippen LogP contribution in [0.2, 0.25) is 4.34 Å². The van der Waals surface area contributed by atoms with Crippen LogP contribution in [0.5, 0.6) is 0 Å². The molecule has 1 atom stereocenters. The first-order valence-corrected chi connectivity index (χ1v) is 5.96. The second-order valence-corrected chi connectivity index (χ2v) is 5.16. The summed E-state index contributed by atoms with van der Waals surface area (Å²) in [4.78, 5) is 12.4. The van der Waals surface area contributed by atoms with Gasteiger partial charge in [-0.15, -0.1) is 11.3 Å². The molecule has 84 valence electrons. The van der Waals surface area contributed by atoms with E-state index >= 15 is 0 Å². The Balaban J connectivity index is 2.22. The first-order valence-electron chi connectivity index (χ1n) is 4.77. The molecule has 1 aromatic heterocycles. The summed E-state index contributed by atoms with van der Waals surface area (Å²) in [7, 11) is 0. The van der Waals surface area contributed by atoms with Crippen LogP contribution in [0.4, 0.5) is 0 Å². The van der Waals surface area contributed by atoms with Crippen molar-refractivity contribution in [2.45, 2.75) is 25.9 Å². The first kappa shape index (κ1) is 12.5. The van der Waals surface area contributed by atoms with Crippen molar-refractivity contribution in [1.82, 2.24) is 5.32 Å². The highest BCUT2D eigenvalue weighted by atomic mass is 35.5. The van der Waals surface area contributed by atoms with E-state index in [2.05, 4.69) is 5.32 Å². The van der Waals surface area contributed by atoms with Crippen LogP contribution in [-0.4, -0.2) is 23.7 Å². The Morgan fingerprint density at radius 2 is 2.40 bits per heavy atom. The van der Waals surface area contributed by atoms with E-state index in [1.165, 1.54) is 11.3 Å². The molecule has 15 heavy (non-hydrogen) atoms. The van der Waals surface area contributed by atoms with E-state index in [0.717, 1.165) is 9.21 Å². The fraction of sp³-hybridized carbons (Fsp3) is 0.500. The third kappa shape index (κ3) is 5.16. The molecule has 0 fully saturated rings. The van der Waals surface area contributed by atoms with Gasteiger partial charge in [-0.3, -0.25) is 4.79 Å². The molecule has 2 N–H and O–H groups in total. The van der Waals surface area contributed by atoms with Crippen molar-refractivity contribution < 1.29 is 9.90 Å². The first-order chi connectivity index (χ1) is 7.08. The number of hydrogen-bond donors (Lipinski definition) is 2. The van der Waals surface area contributed by atoms with Gasteiger partial charge >= 0.3 is 0 Å². The normalized spacial score (nSPS) is 12.5. The standard InChI is InChI=1S/C10H14ClNO2S/c1-7(13)6-12-10(14)5-3-8-2-4-9(11)15-8/h2,4,7,13H,3,5-6H2,1H3,(H,12,14)/t7-/m1/s1. The second-order valence-electron chi connectivity index (χ2n) is 3.36. The quantitative estimate of drug-likeness (QED) is 0.834. The van der Waals surface area contributed by atoms with Gasteiger partial charge < -0.3 is 10.4 Å². The summed E-state index contributed by atoms with van der Waals surface area (Å²) in [5.41, 5.74) is 0. The van der Waals surface area contributed by atoms with Crippen molar-refractivity contribution in [2.75, 3.05) is 6.54 Å². The number of aliphatic hydroxyl groups excluding tert-OH is 1. The lowest BCUT2D eigenvalue weighted by Gasteiger charge is -2.06. The molecule has 1 heterocycles. The molecule has 1 rings (SSSR count). The zero-order chi connectivity index (χ0) is 11.3. The summed E-state index contributed by atoms with van der Waals surface area (Å²) in [6.45, 7) is 1.95. The Hall–Kier alpha value is -0.580. The molecular weight excluding hydrogens is 234 g/mol. The molecule has 0 aliphatic heterocycles. The molecule has 0 spiro atoms. The van der Waals surface area contributed by atoms with E-state index in [1.807, 2.05) is 12.1 Å². The highest BCUT2D eigenvalue weighted by Crippen LogP contribution is 2.22. The van der Waals surface area contributed by atoms with E-state index in [0.29, 0.717) is 19.4 Å². The number of amides is 1. The molecule has 0 aromatic carbocycles. The van der Waals surface area contributed by atoms with E-state index in [9.17, 15) is 4.79 Å². The number of aliphatic hydroxyl groups is 1. The van der Waals surface area contributed by atoms with Gasteiger partial charge in [0.05, 0.1) is 10.4 Å². The smallest absolute Gasteiger partial charge is 0.220 e. The van der Waals surface area contributed by atoms with Crippen molar-refractivity contribution in [1.29, 1.82) is 0 Å². The molecule has 0 aliphatic carbocycles. The molecule has 0 aliphatic rings. The maximum Gasteiger partial charge on any atom is 0.220 e. The molecule has 0 bridgehead atoms. The number of rotatable bonds is 5. The predicted molar refractivity (Wildman–Crippen MR) is 62.3 cm³/mol. The topological polar surface area (TPSA) is 49.3 Å². The van der Waals surface area contributed by atoms with Crippen LogP contribution in [0.3, 0.4) is 0 Å². The third-order valence-corrected chi connectivity index (χ3v) is 3.11. The van der Waals surface area contributed by atoms with Gasteiger partial charge in [0.25, 0.3) is 0 Å². The third-order valence-electron chi connectivity index (χ3n) is 1.82. The van der Waals surface area contributed by atoms with Crippen LogP contribution in [-0.2, 0) is 11.2 Å². The van der Waals surface area contributed by atoms with E-state index in [4.69, 9.17) is 16.7 Å². The highest BCUT2D eigenvalue weighted by Gasteiger charge is 2.04.